The lowest BCUT2D eigenvalue weighted by Crippen LogP contribution is -2.39. The van der Waals surface area contributed by atoms with Crippen molar-refractivity contribution in [2.75, 3.05) is 18.8 Å². The minimum Gasteiger partial charge on any atom is -0.399 e. The van der Waals surface area contributed by atoms with Gasteiger partial charge in [-0.1, -0.05) is 26.8 Å². The molecule has 0 atom stereocenters. The van der Waals surface area contributed by atoms with Crippen LogP contribution in [0, 0.1) is 5.41 Å². The molecule has 1 aromatic rings. The molecule has 0 unspecified atom stereocenters. The molecule has 104 valence electrons. The molecule has 0 spiro atoms. The highest BCUT2D eigenvalue weighted by Crippen LogP contribution is 2.11. The normalized spacial score (nSPS) is 10.9. The summed E-state index contributed by atoms with van der Waals surface area (Å²) < 4.78 is 0. The Balaban J connectivity index is 2.34. The Hall–Kier alpha value is -2.04. The van der Waals surface area contributed by atoms with Gasteiger partial charge in [0.1, 0.15) is 0 Å². The Labute approximate surface area is 113 Å². The number of nitrogens with one attached hydrogen (secondary N) is 2. The third kappa shape index (κ3) is 4.99. The van der Waals surface area contributed by atoms with Gasteiger partial charge in [-0.3, -0.25) is 9.59 Å². The highest BCUT2D eigenvalue weighted by atomic mass is 16.2. The number of nitrogen functional groups attached to an aromatic ring is 1. The fourth-order valence-corrected chi connectivity index (χ4v) is 1.40. The predicted octanol–water partition coefficient (Wildman–Crippen LogP) is 1.16. The predicted molar refractivity (Wildman–Crippen MR) is 75.7 cm³/mol. The summed E-state index contributed by atoms with van der Waals surface area (Å²) in [6, 6.07) is 6.76. The molecule has 0 saturated heterocycles. The van der Waals surface area contributed by atoms with Gasteiger partial charge in [-0.2, -0.15) is 0 Å². The standard InChI is InChI=1S/C14H21N3O2/c1-14(2,3)13(19)17-8-7-16-12(18)10-5-4-6-11(15)9-10/h4-6,9H,7-8,15H2,1-3H3,(H,16,18)(H,17,19). The number of hydrogen-bond acceptors (Lipinski definition) is 3. The van der Waals surface area contributed by atoms with Gasteiger partial charge in [-0.25, -0.2) is 0 Å². The van der Waals surface area contributed by atoms with Gasteiger partial charge in [0.15, 0.2) is 0 Å². The number of anilines is 1. The van der Waals surface area contributed by atoms with Crippen LogP contribution in [0.25, 0.3) is 0 Å². The van der Waals surface area contributed by atoms with Crippen LogP contribution in [0.1, 0.15) is 31.1 Å². The van der Waals surface area contributed by atoms with Crippen molar-refractivity contribution < 1.29 is 9.59 Å². The van der Waals surface area contributed by atoms with Crippen molar-refractivity contribution in [2.45, 2.75) is 20.8 Å². The Morgan fingerprint density at radius 3 is 2.37 bits per heavy atom. The topological polar surface area (TPSA) is 84.2 Å². The third-order valence-corrected chi connectivity index (χ3v) is 2.53. The van der Waals surface area contributed by atoms with Gasteiger partial charge in [0.25, 0.3) is 5.91 Å². The molecule has 0 bridgehead atoms. The molecule has 0 aromatic heterocycles. The summed E-state index contributed by atoms with van der Waals surface area (Å²) >= 11 is 0. The molecule has 1 aromatic carbocycles. The van der Waals surface area contributed by atoms with E-state index in [0.29, 0.717) is 24.3 Å². The lowest BCUT2D eigenvalue weighted by atomic mass is 9.96. The van der Waals surface area contributed by atoms with Gasteiger partial charge in [-0.05, 0) is 18.2 Å². The smallest absolute Gasteiger partial charge is 0.251 e. The molecule has 0 fully saturated rings. The van der Waals surface area contributed by atoms with E-state index in [4.69, 9.17) is 5.73 Å². The van der Waals surface area contributed by atoms with Crippen LogP contribution in [0.2, 0.25) is 0 Å². The summed E-state index contributed by atoms with van der Waals surface area (Å²) in [7, 11) is 0. The summed E-state index contributed by atoms with van der Waals surface area (Å²) in [5, 5.41) is 5.49. The number of rotatable bonds is 4. The summed E-state index contributed by atoms with van der Waals surface area (Å²) in [5.41, 5.74) is 6.25. The largest absolute Gasteiger partial charge is 0.399 e. The molecule has 0 heterocycles. The molecule has 0 radical (unpaired) electrons. The number of nitrogens with two attached hydrogens (primary N) is 1. The number of carbonyl (C=O) groups is 2. The third-order valence-electron chi connectivity index (χ3n) is 2.53. The molecular weight excluding hydrogens is 242 g/mol. The van der Waals surface area contributed by atoms with Crippen LogP contribution in [0.5, 0.6) is 0 Å². The van der Waals surface area contributed by atoms with Crippen LogP contribution in [-0.4, -0.2) is 24.9 Å². The molecule has 1 rings (SSSR count). The maximum atomic E-state index is 11.8. The van der Waals surface area contributed by atoms with E-state index in [-0.39, 0.29) is 11.8 Å². The molecule has 2 amide bonds. The molecule has 0 aliphatic rings. The van der Waals surface area contributed by atoms with Crippen LogP contribution < -0.4 is 16.4 Å². The first-order valence-corrected chi connectivity index (χ1v) is 6.23. The highest BCUT2D eigenvalue weighted by Gasteiger charge is 2.20. The first-order valence-electron chi connectivity index (χ1n) is 6.23. The van der Waals surface area contributed by atoms with Crippen molar-refractivity contribution in [1.82, 2.24) is 10.6 Å². The summed E-state index contributed by atoms with van der Waals surface area (Å²) in [6.45, 7) is 6.31. The van der Waals surface area contributed by atoms with Crippen LogP contribution in [-0.2, 0) is 4.79 Å². The lowest BCUT2D eigenvalue weighted by molar-refractivity contribution is -0.128. The van der Waals surface area contributed by atoms with Gasteiger partial charge in [0.05, 0.1) is 0 Å². The minimum absolute atomic E-state index is 0.0364. The molecule has 0 saturated carbocycles. The van der Waals surface area contributed by atoms with Crippen molar-refractivity contribution >= 4 is 17.5 Å². The van der Waals surface area contributed by atoms with Crippen LogP contribution in [0.4, 0.5) is 5.69 Å². The SMILES string of the molecule is CC(C)(C)C(=O)NCCNC(=O)c1cccc(N)c1. The first-order chi connectivity index (χ1) is 8.80. The Morgan fingerprint density at radius 1 is 1.16 bits per heavy atom. The second kappa shape index (κ2) is 6.22. The van der Waals surface area contributed by atoms with Gasteiger partial charge < -0.3 is 16.4 Å². The van der Waals surface area contributed by atoms with E-state index in [9.17, 15) is 9.59 Å². The quantitative estimate of drug-likeness (QED) is 0.563. The molecule has 4 N–H and O–H groups in total. The van der Waals surface area contributed by atoms with Crippen LogP contribution in [0.3, 0.4) is 0 Å². The van der Waals surface area contributed by atoms with E-state index in [1.807, 2.05) is 20.8 Å². The fourth-order valence-electron chi connectivity index (χ4n) is 1.40. The lowest BCUT2D eigenvalue weighted by Gasteiger charge is -2.17. The second-order valence-corrected chi connectivity index (χ2v) is 5.39. The molecule has 19 heavy (non-hydrogen) atoms. The molecule has 5 heteroatoms. The Kier molecular flexibility index (Phi) is 4.92. The zero-order valence-corrected chi connectivity index (χ0v) is 11.6. The number of carbonyl (C=O) groups excluding carboxylic acids is 2. The minimum atomic E-state index is -0.419. The number of benzene rings is 1. The zero-order valence-electron chi connectivity index (χ0n) is 11.6. The summed E-state index contributed by atoms with van der Waals surface area (Å²) in [6.07, 6.45) is 0. The van der Waals surface area contributed by atoms with Gasteiger partial charge >= 0.3 is 0 Å². The summed E-state index contributed by atoms with van der Waals surface area (Å²) in [5.74, 6) is -0.233. The monoisotopic (exact) mass is 263 g/mol. The molecule has 0 aliphatic carbocycles. The summed E-state index contributed by atoms with van der Waals surface area (Å²) in [4.78, 5) is 23.3. The Morgan fingerprint density at radius 2 is 1.79 bits per heavy atom. The van der Waals surface area contributed by atoms with Crippen molar-refractivity contribution in [3.8, 4) is 0 Å². The van der Waals surface area contributed by atoms with Gasteiger partial charge in [0.2, 0.25) is 5.91 Å². The fraction of sp³-hybridized carbons (Fsp3) is 0.429. The van der Waals surface area contributed by atoms with E-state index >= 15 is 0 Å². The van der Waals surface area contributed by atoms with Crippen molar-refractivity contribution in [2.24, 2.45) is 5.41 Å². The Bertz CT molecular complexity index is 464. The van der Waals surface area contributed by atoms with E-state index in [0.717, 1.165) is 0 Å². The van der Waals surface area contributed by atoms with Gasteiger partial charge in [-0.15, -0.1) is 0 Å². The van der Waals surface area contributed by atoms with E-state index in [2.05, 4.69) is 10.6 Å². The molecule has 5 nitrogen and oxygen atoms in total. The molecule has 0 aliphatic heterocycles. The van der Waals surface area contributed by atoms with Crippen LogP contribution >= 0.6 is 0 Å². The average Bonchev–Trinajstić information content (AvgIpc) is 2.32. The van der Waals surface area contributed by atoms with E-state index < -0.39 is 5.41 Å². The molecular formula is C14H21N3O2. The maximum absolute atomic E-state index is 11.8. The number of hydrogen-bond donors (Lipinski definition) is 3. The first kappa shape index (κ1) is 15.0. The average molecular weight is 263 g/mol. The van der Waals surface area contributed by atoms with E-state index in [1.165, 1.54) is 0 Å². The van der Waals surface area contributed by atoms with Crippen molar-refractivity contribution in [1.29, 1.82) is 0 Å². The second-order valence-electron chi connectivity index (χ2n) is 5.39. The van der Waals surface area contributed by atoms with Crippen LogP contribution in [0.15, 0.2) is 24.3 Å². The zero-order chi connectivity index (χ0) is 14.5. The van der Waals surface area contributed by atoms with E-state index in [1.54, 1.807) is 24.3 Å². The highest BCUT2D eigenvalue weighted by molar-refractivity contribution is 5.95. The number of amides is 2. The van der Waals surface area contributed by atoms with Crippen molar-refractivity contribution in [3.05, 3.63) is 29.8 Å². The van der Waals surface area contributed by atoms with Gasteiger partial charge in [0, 0.05) is 29.8 Å². The maximum Gasteiger partial charge on any atom is 0.251 e. The van der Waals surface area contributed by atoms with Crippen molar-refractivity contribution in [3.63, 3.8) is 0 Å².